The van der Waals surface area contributed by atoms with Crippen LogP contribution in [0.1, 0.15) is 58.3 Å². The van der Waals surface area contributed by atoms with Crippen molar-refractivity contribution in [1.82, 2.24) is 0 Å². The summed E-state index contributed by atoms with van der Waals surface area (Å²) >= 11 is 18.6. The largest absolute Gasteiger partial charge is 0.171 e. The highest BCUT2D eigenvalue weighted by Crippen LogP contribution is 2.49. The summed E-state index contributed by atoms with van der Waals surface area (Å²) in [7, 11) is 0. The van der Waals surface area contributed by atoms with Crippen molar-refractivity contribution in [2.75, 3.05) is 0 Å². The molecule has 1 saturated carbocycles. The Morgan fingerprint density at radius 2 is 1.80 bits per heavy atom. The van der Waals surface area contributed by atoms with Crippen LogP contribution in [0.25, 0.3) is 0 Å². The van der Waals surface area contributed by atoms with Crippen LogP contribution < -0.4 is 0 Å². The van der Waals surface area contributed by atoms with Gasteiger partial charge in [0.2, 0.25) is 0 Å². The average molecular weight is 271 g/mol. The van der Waals surface area contributed by atoms with Crippen molar-refractivity contribution in [1.29, 1.82) is 0 Å². The summed E-state index contributed by atoms with van der Waals surface area (Å²) in [5.74, 6) is 0.476. The zero-order valence-corrected chi connectivity index (χ0v) is 11.6. The predicted octanol–water partition coefficient (Wildman–Crippen LogP) is 5.70. The average Bonchev–Trinajstić information content (AvgIpc) is 2.27. The zero-order chi connectivity index (χ0) is 11.3. The summed E-state index contributed by atoms with van der Waals surface area (Å²) in [5.41, 5.74) is 0. The second kappa shape index (κ2) is 6.57. The lowest BCUT2D eigenvalue weighted by Crippen LogP contribution is -2.35. The van der Waals surface area contributed by atoms with E-state index in [-0.39, 0.29) is 0 Å². The molecule has 0 N–H and O–H groups in total. The first kappa shape index (κ1) is 13.9. The van der Waals surface area contributed by atoms with E-state index in [9.17, 15) is 0 Å². The third-order valence-electron chi connectivity index (χ3n) is 3.46. The van der Waals surface area contributed by atoms with E-state index in [0.29, 0.717) is 10.8 Å². The molecule has 0 nitrogen and oxygen atoms in total. The smallest absolute Gasteiger partial charge is 0.116 e. The van der Waals surface area contributed by atoms with Gasteiger partial charge in [0.05, 0.1) is 4.87 Å². The molecule has 0 bridgehead atoms. The second-order valence-electron chi connectivity index (χ2n) is 4.56. The van der Waals surface area contributed by atoms with Gasteiger partial charge in [-0.05, 0) is 25.2 Å². The molecular weight excluding hydrogens is 250 g/mol. The van der Waals surface area contributed by atoms with Crippen molar-refractivity contribution in [2.24, 2.45) is 5.92 Å². The van der Waals surface area contributed by atoms with E-state index in [1.807, 2.05) is 0 Å². The van der Waals surface area contributed by atoms with Crippen LogP contribution in [-0.4, -0.2) is 4.87 Å². The van der Waals surface area contributed by atoms with Crippen LogP contribution in [0, 0.1) is 10.8 Å². The molecule has 0 aromatic carbocycles. The van der Waals surface area contributed by atoms with Crippen molar-refractivity contribution in [3.8, 4) is 0 Å². The molecule has 1 radical (unpaired) electrons. The molecule has 0 aliphatic heterocycles. The van der Waals surface area contributed by atoms with Gasteiger partial charge in [-0.15, -0.1) is 11.6 Å². The molecular formula is C12H20Cl3. The van der Waals surface area contributed by atoms with E-state index in [1.165, 1.54) is 32.1 Å². The Morgan fingerprint density at radius 1 is 1.20 bits per heavy atom. The molecule has 15 heavy (non-hydrogen) atoms. The molecule has 1 atom stereocenters. The highest BCUT2D eigenvalue weighted by Gasteiger charge is 2.42. The fraction of sp³-hybridized carbons (Fsp3) is 0.917. The fourth-order valence-electron chi connectivity index (χ4n) is 2.45. The molecule has 0 spiro atoms. The monoisotopic (exact) mass is 269 g/mol. The Balaban J connectivity index is 2.61. The molecule has 0 saturated heterocycles. The lowest BCUT2D eigenvalue weighted by molar-refractivity contribution is 0.282. The Kier molecular flexibility index (Phi) is 6.10. The Bertz CT molecular complexity index is 176. The maximum atomic E-state index is 6.63. The minimum absolute atomic E-state index is 0.379. The van der Waals surface area contributed by atoms with Gasteiger partial charge in [0.1, 0.15) is 0 Å². The van der Waals surface area contributed by atoms with Gasteiger partial charge in [0, 0.05) is 0 Å². The Labute approximate surface area is 109 Å². The van der Waals surface area contributed by atoms with Crippen LogP contribution in [0.4, 0.5) is 0 Å². The Hall–Kier alpha value is 0.870. The van der Waals surface area contributed by atoms with Crippen LogP contribution >= 0.6 is 34.8 Å². The van der Waals surface area contributed by atoms with Crippen LogP contribution in [0.3, 0.4) is 0 Å². The highest BCUT2D eigenvalue weighted by molar-refractivity contribution is 6.57. The maximum absolute atomic E-state index is 6.63. The first-order valence-electron chi connectivity index (χ1n) is 5.98. The summed E-state index contributed by atoms with van der Waals surface area (Å²) < 4.78 is 0. The van der Waals surface area contributed by atoms with E-state index in [4.69, 9.17) is 34.8 Å². The molecule has 0 aromatic rings. The number of halogens is 3. The molecule has 0 heterocycles. The van der Waals surface area contributed by atoms with E-state index < -0.39 is 4.87 Å². The van der Waals surface area contributed by atoms with Crippen molar-refractivity contribution >= 4 is 34.8 Å². The van der Waals surface area contributed by atoms with Gasteiger partial charge in [-0.25, -0.2) is 0 Å². The molecule has 0 aromatic heterocycles. The van der Waals surface area contributed by atoms with E-state index in [2.05, 4.69) is 6.92 Å². The van der Waals surface area contributed by atoms with E-state index in [1.54, 1.807) is 0 Å². The van der Waals surface area contributed by atoms with Crippen molar-refractivity contribution in [3.63, 3.8) is 0 Å². The predicted molar refractivity (Wildman–Crippen MR) is 69.6 cm³/mol. The maximum Gasteiger partial charge on any atom is 0.171 e. The summed E-state index contributed by atoms with van der Waals surface area (Å²) in [6.45, 7) is 2.17. The molecule has 1 aliphatic carbocycles. The summed E-state index contributed by atoms with van der Waals surface area (Å²) in [6, 6.07) is 0. The van der Waals surface area contributed by atoms with Gasteiger partial charge < -0.3 is 0 Å². The molecule has 1 aliphatic rings. The molecule has 89 valence electrons. The van der Waals surface area contributed by atoms with Crippen molar-refractivity contribution in [2.45, 2.75) is 63.2 Å². The molecule has 3 heteroatoms. The summed E-state index contributed by atoms with van der Waals surface area (Å²) in [4.78, 5) is -0.0796. The molecule has 1 fully saturated rings. The van der Waals surface area contributed by atoms with Gasteiger partial charge in [-0.3, -0.25) is 0 Å². The number of alkyl halides is 1. The lowest BCUT2D eigenvalue weighted by atomic mass is 9.78. The molecule has 1 rings (SSSR count). The van der Waals surface area contributed by atoms with E-state index >= 15 is 0 Å². The van der Waals surface area contributed by atoms with Gasteiger partial charge in [-0.1, -0.05) is 62.2 Å². The van der Waals surface area contributed by atoms with Gasteiger partial charge in [0.25, 0.3) is 0 Å². The van der Waals surface area contributed by atoms with E-state index in [0.717, 1.165) is 19.3 Å². The Morgan fingerprint density at radius 3 is 2.27 bits per heavy atom. The lowest BCUT2D eigenvalue weighted by Gasteiger charge is -2.38. The normalized spacial score (nSPS) is 23.0. The minimum atomic E-state index is -0.459. The minimum Gasteiger partial charge on any atom is -0.116 e. The molecule has 0 amide bonds. The third kappa shape index (κ3) is 3.68. The van der Waals surface area contributed by atoms with Crippen molar-refractivity contribution in [3.05, 3.63) is 4.84 Å². The molecule has 1 unspecified atom stereocenters. The number of unbranched alkanes of at least 4 members (excludes halogenated alkanes) is 1. The van der Waals surface area contributed by atoms with Crippen LogP contribution in [0.15, 0.2) is 0 Å². The van der Waals surface area contributed by atoms with Crippen LogP contribution in [0.2, 0.25) is 0 Å². The van der Waals surface area contributed by atoms with Crippen LogP contribution in [-0.2, 0) is 0 Å². The topological polar surface area (TPSA) is 0 Å². The summed E-state index contributed by atoms with van der Waals surface area (Å²) in [6.07, 6.45) is 9.38. The standard InChI is InChI=1S/C12H20Cl3/c1-2-3-9-12(15,11(13)14)10-7-5-4-6-8-10/h10H,2-9H2,1H3. The van der Waals surface area contributed by atoms with Gasteiger partial charge in [0.15, 0.2) is 4.84 Å². The highest BCUT2D eigenvalue weighted by atomic mass is 35.5. The first-order valence-corrected chi connectivity index (χ1v) is 7.12. The second-order valence-corrected chi connectivity index (χ2v) is 6.19. The van der Waals surface area contributed by atoms with Crippen molar-refractivity contribution < 1.29 is 0 Å². The number of rotatable bonds is 5. The SMILES string of the molecule is CCCCC(Cl)([C](Cl)Cl)C1CCCCC1. The fourth-order valence-corrected chi connectivity index (χ4v) is 3.30. The van der Waals surface area contributed by atoms with Crippen LogP contribution in [0.5, 0.6) is 0 Å². The summed E-state index contributed by atoms with van der Waals surface area (Å²) in [5, 5.41) is 0. The quantitative estimate of drug-likeness (QED) is 0.562. The third-order valence-corrected chi connectivity index (χ3v) is 5.02. The first-order chi connectivity index (χ1) is 7.11. The zero-order valence-electron chi connectivity index (χ0n) is 9.37. The van der Waals surface area contributed by atoms with Gasteiger partial charge >= 0.3 is 0 Å². The van der Waals surface area contributed by atoms with Gasteiger partial charge in [-0.2, -0.15) is 0 Å². The number of hydrogen-bond donors (Lipinski definition) is 0. The number of hydrogen-bond acceptors (Lipinski definition) is 0.